The van der Waals surface area contributed by atoms with E-state index < -0.39 is 5.92 Å². The van der Waals surface area contributed by atoms with Crippen LogP contribution in [-0.4, -0.2) is 26.9 Å². The first-order valence-electron chi connectivity index (χ1n) is 8.11. The van der Waals surface area contributed by atoms with Crippen LogP contribution < -0.4 is 0 Å². The molecular weight excluding hydrogens is 308 g/mol. The normalized spacial score (nSPS) is 29.3. The molecule has 24 heavy (non-hydrogen) atoms. The second-order valence-corrected chi connectivity index (χ2v) is 6.95. The van der Waals surface area contributed by atoms with Crippen LogP contribution in [0.2, 0.25) is 0 Å². The zero-order valence-corrected chi connectivity index (χ0v) is 13.2. The molecule has 5 nitrogen and oxygen atoms in total. The van der Waals surface area contributed by atoms with Crippen molar-refractivity contribution in [3.8, 4) is 5.75 Å². The highest BCUT2D eigenvalue weighted by Gasteiger charge is 2.49. The summed E-state index contributed by atoms with van der Waals surface area (Å²) in [6.07, 6.45) is 1.35. The third-order valence-electron chi connectivity index (χ3n) is 5.65. The van der Waals surface area contributed by atoms with Crippen molar-refractivity contribution in [2.45, 2.75) is 26.2 Å². The van der Waals surface area contributed by atoms with Crippen LogP contribution in [0.15, 0.2) is 35.1 Å². The summed E-state index contributed by atoms with van der Waals surface area (Å²) in [6, 6.07) is 5.01. The number of benzene rings is 1. The predicted molar refractivity (Wildman–Crippen MR) is 86.4 cm³/mol. The predicted octanol–water partition coefficient (Wildman–Crippen LogP) is 2.84. The van der Waals surface area contributed by atoms with Crippen molar-refractivity contribution in [2.75, 3.05) is 0 Å². The monoisotopic (exact) mass is 326 g/mol. The summed E-state index contributed by atoms with van der Waals surface area (Å²) < 4.78 is 0. The minimum Gasteiger partial charge on any atom is -0.511 e. The molecule has 0 amide bonds. The number of carbonyl (C=O) groups excluding carboxylic acids is 2. The van der Waals surface area contributed by atoms with Gasteiger partial charge in [0.05, 0.1) is 11.5 Å². The SMILES string of the molecule is CC1=C(O)C2C(=O)C3=C(O)c4c(O)cccc4CC3CC2CC1=O. The largest absolute Gasteiger partial charge is 0.511 e. The molecule has 3 aliphatic rings. The van der Waals surface area contributed by atoms with Crippen LogP contribution in [0.3, 0.4) is 0 Å². The lowest BCUT2D eigenvalue weighted by molar-refractivity contribution is -0.126. The summed E-state index contributed by atoms with van der Waals surface area (Å²) in [4.78, 5) is 25.0. The van der Waals surface area contributed by atoms with Gasteiger partial charge in [-0.3, -0.25) is 9.59 Å². The number of carbonyl (C=O) groups is 2. The standard InChI is InChI=1S/C19H18O5/c1-8-13(21)7-11-6-10-5-9-3-2-4-12(20)14(9)18(23)16(10)19(24)15(11)17(8)22/h2-4,10-11,15,20,22-23H,5-7H2,1H3. The van der Waals surface area contributed by atoms with Crippen molar-refractivity contribution in [1.82, 2.24) is 0 Å². The molecule has 5 heteroatoms. The first kappa shape index (κ1) is 15.0. The number of rotatable bonds is 0. The van der Waals surface area contributed by atoms with E-state index in [1.807, 2.05) is 6.07 Å². The minimum atomic E-state index is -0.761. The summed E-state index contributed by atoms with van der Waals surface area (Å²) in [6.45, 7) is 1.53. The second kappa shape index (κ2) is 4.97. The Morgan fingerprint density at radius 3 is 2.58 bits per heavy atom. The van der Waals surface area contributed by atoms with Gasteiger partial charge in [-0.25, -0.2) is 0 Å². The number of allylic oxidation sites excluding steroid dienone is 3. The van der Waals surface area contributed by atoms with Crippen LogP contribution in [0.4, 0.5) is 0 Å². The Balaban J connectivity index is 1.87. The van der Waals surface area contributed by atoms with Crippen molar-refractivity contribution in [2.24, 2.45) is 17.8 Å². The molecule has 3 unspecified atom stereocenters. The number of phenolic OH excluding ortho intramolecular Hbond substituents is 1. The maximum absolute atomic E-state index is 13.0. The van der Waals surface area contributed by atoms with Crippen LogP contribution in [0.25, 0.3) is 5.76 Å². The Bertz CT molecular complexity index is 845. The highest BCUT2D eigenvalue weighted by molar-refractivity contribution is 6.09. The number of aromatic hydroxyl groups is 1. The Hall–Kier alpha value is -2.56. The molecule has 1 saturated carbocycles. The van der Waals surface area contributed by atoms with E-state index in [1.54, 1.807) is 6.07 Å². The first-order valence-corrected chi connectivity index (χ1v) is 8.11. The Kier molecular flexibility index (Phi) is 3.10. The zero-order valence-electron chi connectivity index (χ0n) is 13.2. The van der Waals surface area contributed by atoms with Gasteiger partial charge in [0.1, 0.15) is 17.3 Å². The number of phenols is 1. The highest BCUT2D eigenvalue weighted by Crippen LogP contribution is 2.49. The lowest BCUT2D eigenvalue weighted by Gasteiger charge is -2.41. The topological polar surface area (TPSA) is 94.8 Å². The third-order valence-corrected chi connectivity index (χ3v) is 5.65. The maximum atomic E-state index is 13.0. The number of ketones is 2. The fraction of sp³-hybridized carbons (Fsp3) is 0.368. The van der Waals surface area contributed by atoms with Crippen molar-refractivity contribution in [1.29, 1.82) is 0 Å². The van der Waals surface area contributed by atoms with Gasteiger partial charge in [-0.2, -0.15) is 0 Å². The molecule has 0 bridgehead atoms. The minimum absolute atomic E-state index is 0.0550. The third kappa shape index (κ3) is 1.87. The van der Waals surface area contributed by atoms with Crippen molar-refractivity contribution in [3.05, 3.63) is 46.2 Å². The van der Waals surface area contributed by atoms with Gasteiger partial charge in [-0.15, -0.1) is 0 Å². The average molecular weight is 326 g/mol. The molecule has 3 N–H and O–H groups in total. The molecule has 3 atom stereocenters. The molecule has 0 heterocycles. The van der Waals surface area contributed by atoms with Crippen molar-refractivity contribution >= 4 is 17.3 Å². The van der Waals surface area contributed by atoms with E-state index >= 15 is 0 Å². The fourth-order valence-electron chi connectivity index (χ4n) is 4.44. The molecule has 0 aromatic heterocycles. The molecular formula is C19H18O5. The lowest BCUT2D eigenvalue weighted by atomic mass is 9.62. The van der Waals surface area contributed by atoms with E-state index in [9.17, 15) is 24.9 Å². The number of Topliss-reactive ketones (excluding diaryl/α,β-unsaturated/α-hetero) is 2. The summed E-state index contributed by atoms with van der Waals surface area (Å²) in [5.74, 6) is -2.03. The highest BCUT2D eigenvalue weighted by atomic mass is 16.3. The summed E-state index contributed by atoms with van der Waals surface area (Å²) >= 11 is 0. The molecule has 124 valence electrons. The smallest absolute Gasteiger partial charge is 0.173 e. The zero-order chi connectivity index (χ0) is 17.2. The van der Waals surface area contributed by atoms with Crippen LogP contribution in [-0.2, 0) is 16.0 Å². The van der Waals surface area contributed by atoms with E-state index in [4.69, 9.17) is 0 Å². The van der Waals surface area contributed by atoms with Gasteiger partial charge >= 0.3 is 0 Å². The number of fused-ring (bicyclic) bond motifs is 3. The Labute approximate surface area is 138 Å². The van der Waals surface area contributed by atoms with Gasteiger partial charge in [-0.1, -0.05) is 12.1 Å². The van der Waals surface area contributed by atoms with Gasteiger partial charge < -0.3 is 15.3 Å². The van der Waals surface area contributed by atoms with Gasteiger partial charge in [0, 0.05) is 17.6 Å². The summed E-state index contributed by atoms with van der Waals surface area (Å²) in [7, 11) is 0. The van der Waals surface area contributed by atoms with Gasteiger partial charge in [0.2, 0.25) is 0 Å². The van der Waals surface area contributed by atoms with Gasteiger partial charge in [0.25, 0.3) is 0 Å². The molecule has 0 spiro atoms. The Morgan fingerprint density at radius 2 is 1.83 bits per heavy atom. The van der Waals surface area contributed by atoms with Gasteiger partial charge in [-0.05, 0) is 43.2 Å². The number of aliphatic hydroxyl groups excluding tert-OH is 2. The summed E-state index contributed by atoms with van der Waals surface area (Å²) in [5, 5.41) is 31.0. The molecule has 4 rings (SSSR count). The van der Waals surface area contributed by atoms with Crippen LogP contribution in [0.1, 0.15) is 30.9 Å². The second-order valence-electron chi connectivity index (χ2n) is 6.95. The maximum Gasteiger partial charge on any atom is 0.173 e. The molecule has 0 aliphatic heterocycles. The van der Waals surface area contributed by atoms with E-state index in [-0.39, 0.29) is 58.2 Å². The summed E-state index contributed by atoms with van der Waals surface area (Å²) in [5.41, 5.74) is 1.62. The molecule has 3 aliphatic carbocycles. The van der Waals surface area contributed by atoms with E-state index in [1.165, 1.54) is 13.0 Å². The first-order chi connectivity index (χ1) is 11.4. The number of hydrogen-bond donors (Lipinski definition) is 3. The molecule has 1 aromatic carbocycles. The van der Waals surface area contributed by atoms with Crippen LogP contribution in [0.5, 0.6) is 5.75 Å². The average Bonchev–Trinajstić information content (AvgIpc) is 2.52. The molecule has 1 fully saturated rings. The van der Waals surface area contributed by atoms with E-state index in [0.29, 0.717) is 18.4 Å². The van der Waals surface area contributed by atoms with Crippen molar-refractivity contribution < 1.29 is 24.9 Å². The quantitative estimate of drug-likeness (QED) is 0.681. The molecule has 0 radical (unpaired) electrons. The Morgan fingerprint density at radius 1 is 1.08 bits per heavy atom. The molecule has 0 saturated heterocycles. The van der Waals surface area contributed by atoms with Gasteiger partial charge in [0.15, 0.2) is 11.6 Å². The fourth-order valence-corrected chi connectivity index (χ4v) is 4.44. The molecule has 1 aromatic rings. The number of aliphatic hydroxyl groups is 2. The van der Waals surface area contributed by atoms with E-state index in [0.717, 1.165) is 5.56 Å². The van der Waals surface area contributed by atoms with E-state index in [2.05, 4.69) is 0 Å². The lowest BCUT2D eigenvalue weighted by Crippen LogP contribution is -2.42. The van der Waals surface area contributed by atoms with Crippen LogP contribution in [0, 0.1) is 17.8 Å². The van der Waals surface area contributed by atoms with Crippen LogP contribution >= 0.6 is 0 Å². The number of hydrogen-bond acceptors (Lipinski definition) is 5. The van der Waals surface area contributed by atoms with Crippen molar-refractivity contribution in [3.63, 3.8) is 0 Å².